The molecule has 0 aliphatic carbocycles. The van der Waals surface area contributed by atoms with Crippen molar-refractivity contribution in [1.82, 2.24) is 0 Å². The van der Waals surface area contributed by atoms with E-state index in [1.165, 1.54) is 12.1 Å². The van der Waals surface area contributed by atoms with Crippen LogP contribution in [0.2, 0.25) is 0 Å². The smallest absolute Gasteiger partial charge is 0.125 e. The maximum Gasteiger partial charge on any atom is 0.125 e. The van der Waals surface area contributed by atoms with E-state index in [-0.39, 0.29) is 12.4 Å². The topological polar surface area (TPSA) is 32.3 Å². The monoisotopic (exact) mass is 233 g/mol. The molecular formula is C8H9BrFNO. The fourth-order valence-electron chi connectivity index (χ4n) is 0.824. The van der Waals surface area contributed by atoms with Gasteiger partial charge in [-0.1, -0.05) is 0 Å². The maximum absolute atomic E-state index is 12.7. The maximum atomic E-state index is 12.7. The van der Waals surface area contributed by atoms with Crippen molar-refractivity contribution >= 4 is 21.6 Å². The molecule has 0 saturated carbocycles. The molecular weight excluding hydrogens is 225 g/mol. The second kappa shape index (κ2) is 4.42. The first kappa shape index (κ1) is 9.48. The van der Waals surface area contributed by atoms with Crippen molar-refractivity contribution in [1.29, 1.82) is 0 Å². The number of halogens is 2. The average Bonchev–Trinajstić information content (AvgIpc) is 2.07. The Morgan fingerprint density at radius 3 is 2.92 bits per heavy atom. The number of nitrogens with one attached hydrogen (secondary N) is 1. The number of aliphatic hydroxyl groups excluding tert-OH is 1. The third-order valence-electron chi connectivity index (χ3n) is 1.36. The molecule has 0 radical (unpaired) electrons. The van der Waals surface area contributed by atoms with Crippen LogP contribution < -0.4 is 5.32 Å². The van der Waals surface area contributed by atoms with Crippen LogP contribution in [-0.4, -0.2) is 18.3 Å². The molecule has 1 aromatic carbocycles. The van der Waals surface area contributed by atoms with Crippen molar-refractivity contribution < 1.29 is 9.50 Å². The van der Waals surface area contributed by atoms with E-state index in [0.717, 1.165) is 4.47 Å². The molecule has 0 aliphatic rings. The fourth-order valence-corrected chi connectivity index (χ4v) is 1.21. The molecule has 0 aromatic heterocycles. The third-order valence-corrected chi connectivity index (χ3v) is 2.05. The summed E-state index contributed by atoms with van der Waals surface area (Å²) in [6.45, 7) is 0.449. The fraction of sp³-hybridized carbons (Fsp3) is 0.250. The number of hydrogen-bond acceptors (Lipinski definition) is 2. The molecule has 0 saturated heterocycles. The summed E-state index contributed by atoms with van der Waals surface area (Å²) >= 11 is 3.25. The Balaban J connectivity index is 2.75. The molecule has 1 rings (SSSR count). The molecule has 0 fully saturated rings. The highest BCUT2D eigenvalue weighted by Crippen LogP contribution is 2.22. The zero-order chi connectivity index (χ0) is 8.97. The van der Waals surface area contributed by atoms with Gasteiger partial charge >= 0.3 is 0 Å². The molecule has 4 heteroatoms. The molecule has 0 aliphatic heterocycles. The summed E-state index contributed by atoms with van der Waals surface area (Å²) in [5.41, 5.74) is 0.657. The molecule has 66 valence electrons. The lowest BCUT2D eigenvalue weighted by Gasteiger charge is -2.06. The molecule has 0 bridgehead atoms. The van der Waals surface area contributed by atoms with Crippen molar-refractivity contribution in [3.05, 3.63) is 28.5 Å². The van der Waals surface area contributed by atoms with E-state index in [4.69, 9.17) is 5.11 Å². The summed E-state index contributed by atoms with van der Waals surface area (Å²) in [5, 5.41) is 11.4. The quantitative estimate of drug-likeness (QED) is 0.838. The van der Waals surface area contributed by atoms with Gasteiger partial charge in [0.15, 0.2) is 0 Å². The van der Waals surface area contributed by atoms with E-state index in [1.54, 1.807) is 6.07 Å². The molecule has 1 aromatic rings. The Morgan fingerprint density at radius 1 is 1.50 bits per heavy atom. The molecule has 0 amide bonds. The van der Waals surface area contributed by atoms with Crippen molar-refractivity contribution in [3.63, 3.8) is 0 Å². The Kier molecular flexibility index (Phi) is 3.49. The lowest BCUT2D eigenvalue weighted by atomic mass is 10.3. The van der Waals surface area contributed by atoms with Crippen LogP contribution in [0.1, 0.15) is 0 Å². The highest BCUT2D eigenvalue weighted by molar-refractivity contribution is 9.10. The molecule has 0 unspecified atom stereocenters. The van der Waals surface area contributed by atoms with Crippen molar-refractivity contribution in [2.45, 2.75) is 0 Å². The first-order valence-electron chi connectivity index (χ1n) is 3.54. The molecule has 0 spiro atoms. The highest BCUT2D eigenvalue weighted by atomic mass is 79.9. The number of anilines is 1. The molecule has 2 nitrogen and oxygen atoms in total. The second-order valence-electron chi connectivity index (χ2n) is 2.27. The molecule has 12 heavy (non-hydrogen) atoms. The van der Waals surface area contributed by atoms with Gasteiger partial charge in [0.1, 0.15) is 5.82 Å². The minimum Gasteiger partial charge on any atom is -0.395 e. The van der Waals surface area contributed by atoms with Gasteiger partial charge < -0.3 is 10.4 Å². The Morgan fingerprint density at radius 2 is 2.25 bits per heavy atom. The second-order valence-corrected chi connectivity index (χ2v) is 3.13. The number of hydrogen-bond donors (Lipinski definition) is 2. The van der Waals surface area contributed by atoms with E-state index in [0.29, 0.717) is 12.2 Å². The van der Waals surface area contributed by atoms with Crippen molar-refractivity contribution in [3.8, 4) is 0 Å². The van der Waals surface area contributed by atoms with E-state index >= 15 is 0 Å². The van der Waals surface area contributed by atoms with E-state index in [9.17, 15) is 4.39 Å². The van der Waals surface area contributed by atoms with Crippen molar-refractivity contribution in [2.75, 3.05) is 18.5 Å². The van der Waals surface area contributed by atoms with Gasteiger partial charge in [-0.3, -0.25) is 0 Å². The first-order chi connectivity index (χ1) is 5.74. The average molecular weight is 234 g/mol. The zero-order valence-electron chi connectivity index (χ0n) is 6.35. The summed E-state index contributed by atoms with van der Waals surface area (Å²) in [6.07, 6.45) is 0. The number of aliphatic hydroxyl groups is 1. The van der Waals surface area contributed by atoms with Gasteiger partial charge in [-0.05, 0) is 34.1 Å². The zero-order valence-corrected chi connectivity index (χ0v) is 7.94. The molecule has 0 atom stereocenters. The number of rotatable bonds is 3. The van der Waals surface area contributed by atoms with Gasteiger partial charge in [-0.15, -0.1) is 0 Å². The van der Waals surface area contributed by atoms with E-state index < -0.39 is 0 Å². The Hall–Kier alpha value is -0.610. The first-order valence-corrected chi connectivity index (χ1v) is 4.33. The van der Waals surface area contributed by atoms with Crippen molar-refractivity contribution in [2.24, 2.45) is 0 Å². The van der Waals surface area contributed by atoms with Gasteiger partial charge in [0, 0.05) is 11.0 Å². The summed E-state index contributed by atoms with van der Waals surface area (Å²) in [6, 6.07) is 4.36. The minimum atomic E-state index is -0.293. The standard InChI is InChI=1S/C8H9BrFNO/c9-7-2-1-6(10)5-8(7)11-3-4-12/h1-2,5,11-12H,3-4H2. The van der Waals surface area contributed by atoms with Gasteiger partial charge in [-0.25, -0.2) is 4.39 Å². The Labute approximate surface area is 78.5 Å². The van der Waals surface area contributed by atoms with Crippen LogP contribution in [0.15, 0.2) is 22.7 Å². The summed E-state index contributed by atoms with van der Waals surface area (Å²) in [4.78, 5) is 0. The highest BCUT2D eigenvalue weighted by Gasteiger charge is 1.99. The summed E-state index contributed by atoms with van der Waals surface area (Å²) < 4.78 is 13.4. The van der Waals surface area contributed by atoms with Crippen LogP contribution >= 0.6 is 15.9 Å². The van der Waals surface area contributed by atoms with Gasteiger partial charge in [-0.2, -0.15) is 0 Å². The van der Waals surface area contributed by atoms with Crippen LogP contribution in [-0.2, 0) is 0 Å². The van der Waals surface area contributed by atoms with Crippen LogP contribution in [0.5, 0.6) is 0 Å². The molecule has 2 N–H and O–H groups in total. The largest absolute Gasteiger partial charge is 0.395 e. The van der Waals surface area contributed by atoms with Crippen LogP contribution in [0.4, 0.5) is 10.1 Å². The summed E-state index contributed by atoms with van der Waals surface area (Å²) in [7, 11) is 0. The van der Waals surface area contributed by atoms with E-state index in [1.807, 2.05) is 0 Å². The number of benzene rings is 1. The lowest BCUT2D eigenvalue weighted by molar-refractivity contribution is 0.311. The lowest BCUT2D eigenvalue weighted by Crippen LogP contribution is -2.05. The Bertz CT molecular complexity index is 267. The minimum absolute atomic E-state index is 0.0307. The van der Waals surface area contributed by atoms with Gasteiger partial charge in [0.25, 0.3) is 0 Å². The van der Waals surface area contributed by atoms with Crippen LogP contribution in [0.25, 0.3) is 0 Å². The van der Waals surface area contributed by atoms with Gasteiger partial charge in [0.2, 0.25) is 0 Å². The normalized spacial score (nSPS) is 9.92. The third kappa shape index (κ3) is 2.46. The molecule has 0 heterocycles. The summed E-state index contributed by atoms with van der Waals surface area (Å²) in [5.74, 6) is -0.293. The van der Waals surface area contributed by atoms with Crippen LogP contribution in [0, 0.1) is 5.82 Å². The van der Waals surface area contributed by atoms with E-state index in [2.05, 4.69) is 21.2 Å². The predicted octanol–water partition coefficient (Wildman–Crippen LogP) is 1.99. The SMILES string of the molecule is OCCNc1cc(F)ccc1Br. The van der Waals surface area contributed by atoms with Gasteiger partial charge in [0.05, 0.1) is 12.3 Å². The van der Waals surface area contributed by atoms with Crippen LogP contribution in [0.3, 0.4) is 0 Å². The predicted molar refractivity (Wildman–Crippen MR) is 49.7 cm³/mol.